The van der Waals surface area contributed by atoms with Crippen LogP contribution in [0, 0.1) is 17.2 Å². The van der Waals surface area contributed by atoms with Crippen molar-refractivity contribution >= 4 is 11.7 Å². The number of anilines is 1. The standard InChI is InChI=1S/C20H18N2O3/c21-11-12-3-8-17-16(10-12)19-15(2-1-9-25-19)18(22-17)13-4-6-14(7-5-13)20(23)24/h3-8,10,15,18-19,22H,1-2,9H2,(H,23,24)/t15-,18+,19-/m1/s1. The monoisotopic (exact) mass is 334 g/mol. The maximum atomic E-state index is 11.1. The van der Waals surface area contributed by atoms with E-state index in [0.717, 1.165) is 36.3 Å². The van der Waals surface area contributed by atoms with E-state index >= 15 is 0 Å². The second-order valence-electron chi connectivity index (χ2n) is 6.56. The van der Waals surface area contributed by atoms with Crippen molar-refractivity contribution in [2.75, 3.05) is 11.9 Å². The number of ether oxygens (including phenoxy) is 1. The lowest BCUT2D eigenvalue weighted by molar-refractivity contribution is -0.0381. The van der Waals surface area contributed by atoms with Crippen LogP contribution in [0.1, 0.15) is 52.0 Å². The van der Waals surface area contributed by atoms with Gasteiger partial charge in [0.25, 0.3) is 0 Å². The van der Waals surface area contributed by atoms with Gasteiger partial charge in [-0.2, -0.15) is 5.26 Å². The van der Waals surface area contributed by atoms with E-state index in [9.17, 15) is 10.1 Å². The van der Waals surface area contributed by atoms with Gasteiger partial charge in [-0.05, 0) is 48.7 Å². The second kappa shape index (κ2) is 6.23. The molecule has 5 nitrogen and oxygen atoms in total. The van der Waals surface area contributed by atoms with Crippen LogP contribution in [0.5, 0.6) is 0 Å². The Morgan fingerprint density at radius 1 is 1.24 bits per heavy atom. The number of benzene rings is 2. The number of fused-ring (bicyclic) bond motifs is 3. The molecule has 0 bridgehead atoms. The predicted octanol–water partition coefficient (Wildman–Crippen LogP) is 3.89. The zero-order valence-electron chi connectivity index (χ0n) is 13.6. The van der Waals surface area contributed by atoms with Gasteiger partial charge in [0, 0.05) is 23.8 Å². The molecule has 0 saturated carbocycles. The molecule has 2 heterocycles. The van der Waals surface area contributed by atoms with Gasteiger partial charge in [-0.25, -0.2) is 4.79 Å². The van der Waals surface area contributed by atoms with Crippen LogP contribution in [0.3, 0.4) is 0 Å². The molecule has 2 aromatic carbocycles. The lowest BCUT2D eigenvalue weighted by Gasteiger charge is -2.43. The van der Waals surface area contributed by atoms with Gasteiger partial charge in [0.15, 0.2) is 0 Å². The molecule has 25 heavy (non-hydrogen) atoms. The van der Waals surface area contributed by atoms with E-state index in [4.69, 9.17) is 9.84 Å². The molecule has 0 amide bonds. The van der Waals surface area contributed by atoms with Crippen molar-refractivity contribution in [1.29, 1.82) is 5.26 Å². The Balaban J connectivity index is 1.73. The summed E-state index contributed by atoms with van der Waals surface area (Å²) in [6.07, 6.45) is 1.99. The molecule has 5 heteroatoms. The highest BCUT2D eigenvalue weighted by molar-refractivity contribution is 5.87. The minimum absolute atomic E-state index is 0.0394. The normalized spacial score (nSPS) is 24.4. The highest BCUT2D eigenvalue weighted by Crippen LogP contribution is 2.49. The van der Waals surface area contributed by atoms with Crippen molar-refractivity contribution in [3.8, 4) is 6.07 Å². The van der Waals surface area contributed by atoms with Gasteiger partial charge in [-0.15, -0.1) is 0 Å². The fourth-order valence-corrected chi connectivity index (χ4v) is 3.90. The lowest BCUT2D eigenvalue weighted by Crippen LogP contribution is -2.36. The van der Waals surface area contributed by atoms with Gasteiger partial charge in [-0.3, -0.25) is 0 Å². The number of carboxylic acids is 1. The van der Waals surface area contributed by atoms with Crippen LogP contribution in [0.25, 0.3) is 0 Å². The van der Waals surface area contributed by atoms with E-state index in [1.54, 1.807) is 18.2 Å². The molecule has 126 valence electrons. The smallest absolute Gasteiger partial charge is 0.335 e. The van der Waals surface area contributed by atoms with Crippen molar-refractivity contribution in [1.82, 2.24) is 0 Å². The van der Waals surface area contributed by atoms with Crippen LogP contribution in [-0.4, -0.2) is 17.7 Å². The molecule has 0 unspecified atom stereocenters. The van der Waals surface area contributed by atoms with Crippen LogP contribution < -0.4 is 5.32 Å². The highest BCUT2D eigenvalue weighted by Gasteiger charge is 2.39. The van der Waals surface area contributed by atoms with E-state index in [-0.39, 0.29) is 23.6 Å². The summed E-state index contributed by atoms with van der Waals surface area (Å²) in [5.74, 6) is -0.665. The number of nitriles is 1. The summed E-state index contributed by atoms with van der Waals surface area (Å²) < 4.78 is 6.08. The summed E-state index contributed by atoms with van der Waals surface area (Å²) in [6, 6.07) is 14.9. The minimum atomic E-state index is -0.920. The van der Waals surface area contributed by atoms with Crippen molar-refractivity contribution in [3.63, 3.8) is 0 Å². The summed E-state index contributed by atoms with van der Waals surface area (Å²) in [5.41, 5.74) is 4.00. The van der Waals surface area contributed by atoms with E-state index < -0.39 is 5.97 Å². The zero-order chi connectivity index (χ0) is 17.4. The maximum absolute atomic E-state index is 11.1. The van der Waals surface area contributed by atoms with Crippen LogP contribution in [0.2, 0.25) is 0 Å². The van der Waals surface area contributed by atoms with Gasteiger partial charge in [-0.1, -0.05) is 12.1 Å². The molecule has 0 spiro atoms. The van der Waals surface area contributed by atoms with E-state index in [0.29, 0.717) is 5.56 Å². The van der Waals surface area contributed by atoms with Crippen molar-refractivity contribution in [2.24, 2.45) is 5.92 Å². The van der Waals surface area contributed by atoms with Crippen molar-refractivity contribution in [2.45, 2.75) is 25.0 Å². The highest BCUT2D eigenvalue weighted by atomic mass is 16.5. The molecule has 2 aliphatic heterocycles. The molecule has 4 rings (SSSR count). The second-order valence-corrected chi connectivity index (χ2v) is 6.56. The Labute approximate surface area is 145 Å². The molecule has 2 N–H and O–H groups in total. The van der Waals surface area contributed by atoms with Crippen molar-refractivity contribution in [3.05, 3.63) is 64.7 Å². The average Bonchev–Trinajstić information content (AvgIpc) is 2.67. The SMILES string of the molecule is N#Cc1ccc2c(c1)[C@@H]1OCCC[C@@H]1[C@H](c1ccc(C(=O)O)cc1)N2. The molecule has 1 saturated heterocycles. The number of nitrogens with one attached hydrogen (secondary N) is 1. The van der Waals surface area contributed by atoms with Gasteiger partial charge in [0.1, 0.15) is 0 Å². The number of hydrogen-bond donors (Lipinski definition) is 2. The van der Waals surface area contributed by atoms with Crippen LogP contribution in [0.4, 0.5) is 5.69 Å². The topological polar surface area (TPSA) is 82.3 Å². The number of aromatic carboxylic acids is 1. The Hall–Kier alpha value is -2.84. The first-order chi connectivity index (χ1) is 12.2. The number of carboxylic acid groups (broad SMARTS) is 1. The van der Waals surface area contributed by atoms with Gasteiger partial charge < -0.3 is 15.2 Å². The zero-order valence-corrected chi connectivity index (χ0v) is 13.6. The van der Waals surface area contributed by atoms with E-state index in [2.05, 4.69) is 11.4 Å². The Morgan fingerprint density at radius 2 is 2.04 bits per heavy atom. The first-order valence-corrected chi connectivity index (χ1v) is 8.43. The molecule has 3 atom stereocenters. The average molecular weight is 334 g/mol. The summed E-state index contributed by atoms with van der Waals surface area (Å²) in [4.78, 5) is 11.1. The van der Waals surface area contributed by atoms with Crippen molar-refractivity contribution < 1.29 is 14.6 Å². The third kappa shape index (κ3) is 2.75. The van der Waals surface area contributed by atoms with Gasteiger partial charge in [0.2, 0.25) is 0 Å². The van der Waals surface area contributed by atoms with Gasteiger partial charge in [0.05, 0.1) is 29.3 Å². The number of rotatable bonds is 2. The Bertz CT molecular complexity index is 854. The first kappa shape index (κ1) is 15.7. The Morgan fingerprint density at radius 3 is 2.76 bits per heavy atom. The summed E-state index contributed by atoms with van der Waals surface area (Å²) >= 11 is 0. The van der Waals surface area contributed by atoms with E-state index in [1.165, 1.54) is 0 Å². The van der Waals surface area contributed by atoms with Crippen LogP contribution in [0.15, 0.2) is 42.5 Å². The number of nitrogens with zero attached hydrogens (tertiary/aromatic N) is 1. The number of carbonyl (C=O) groups is 1. The fraction of sp³-hybridized carbons (Fsp3) is 0.300. The Kier molecular flexibility index (Phi) is 3.90. The molecule has 0 aromatic heterocycles. The molecule has 1 fully saturated rings. The van der Waals surface area contributed by atoms with Gasteiger partial charge >= 0.3 is 5.97 Å². The molecule has 0 radical (unpaired) electrons. The fourth-order valence-electron chi connectivity index (χ4n) is 3.90. The molecular formula is C20H18N2O3. The minimum Gasteiger partial charge on any atom is -0.478 e. The lowest BCUT2D eigenvalue weighted by atomic mass is 9.77. The molecule has 2 aliphatic rings. The first-order valence-electron chi connectivity index (χ1n) is 8.43. The number of hydrogen-bond acceptors (Lipinski definition) is 4. The summed E-state index contributed by atoms with van der Waals surface area (Å²) in [6.45, 7) is 0.724. The summed E-state index contributed by atoms with van der Waals surface area (Å²) in [7, 11) is 0. The third-order valence-corrected chi connectivity index (χ3v) is 5.11. The molecule has 0 aliphatic carbocycles. The molecular weight excluding hydrogens is 316 g/mol. The third-order valence-electron chi connectivity index (χ3n) is 5.11. The van der Waals surface area contributed by atoms with Crippen LogP contribution >= 0.6 is 0 Å². The largest absolute Gasteiger partial charge is 0.478 e. The predicted molar refractivity (Wildman–Crippen MR) is 92.3 cm³/mol. The summed E-state index contributed by atoms with van der Waals surface area (Å²) in [5, 5.41) is 21.8. The maximum Gasteiger partial charge on any atom is 0.335 e. The molecule has 2 aromatic rings. The van der Waals surface area contributed by atoms with Crippen LogP contribution in [-0.2, 0) is 4.74 Å². The quantitative estimate of drug-likeness (QED) is 0.870. The van der Waals surface area contributed by atoms with E-state index in [1.807, 2.05) is 24.3 Å².